The van der Waals surface area contributed by atoms with Gasteiger partial charge in [0.1, 0.15) is 0 Å². The first-order valence-corrected chi connectivity index (χ1v) is 8.51. The number of aromatic nitrogens is 2. The number of carboxylic acids is 1. The van der Waals surface area contributed by atoms with Gasteiger partial charge in [0.05, 0.1) is 17.7 Å². The number of carbonyl (C=O) groups is 2. The lowest BCUT2D eigenvalue weighted by Gasteiger charge is -2.16. The number of carboxylic acid groups (broad SMARTS) is 1. The Labute approximate surface area is 149 Å². The van der Waals surface area contributed by atoms with E-state index in [9.17, 15) is 14.7 Å². The van der Waals surface area contributed by atoms with Crippen LogP contribution in [0.1, 0.15) is 28.8 Å². The van der Waals surface area contributed by atoms with Gasteiger partial charge in [-0.25, -0.2) is 0 Å². The first kappa shape index (κ1) is 16.4. The molecule has 0 unspecified atom stereocenters. The summed E-state index contributed by atoms with van der Waals surface area (Å²) >= 11 is 0. The number of ether oxygens (including phenoxy) is 2. The van der Waals surface area contributed by atoms with Crippen LogP contribution in [0.4, 0.5) is 0 Å². The topological polar surface area (TPSA) is 93.9 Å². The molecule has 0 radical (unpaired) electrons. The molecule has 1 aromatic carbocycles. The Bertz CT molecular complexity index is 862. The standard InChI is InChI=1S/C18H19N3O5/c1-2-21-7-12(6-19-21)17(22)20-8-13(14(9-20)18(23)24)11-3-4-15-16(5-11)26-10-25-15/h3-7,13-14H,2,8-10H2,1H3,(H,23,24)/t13-,14+/m1/s1. The zero-order chi connectivity index (χ0) is 18.3. The van der Waals surface area contributed by atoms with Crippen LogP contribution in [-0.2, 0) is 11.3 Å². The Morgan fingerprint density at radius 2 is 2.08 bits per heavy atom. The molecule has 0 saturated carbocycles. The Balaban J connectivity index is 1.59. The average Bonchev–Trinajstić information content (AvgIpc) is 3.38. The minimum absolute atomic E-state index is 0.165. The van der Waals surface area contributed by atoms with Crippen molar-refractivity contribution in [3.63, 3.8) is 0 Å². The highest BCUT2D eigenvalue weighted by molar-refractivity contribution is 5.94. The Hall–Kier alpha value is -3.03. The molecule has 2 aliphatic rings. The first-order chi connectivity index (χ1) is 12.6. The molecule has 3 heterocycles. The Morgan fingerprint density at radius 1 is 1.27 bits per heavy atom. The van der Waals surface area contributed by atoms with Crippen LogP contribution in [0.5, 0.6) is 11.5 Å². The number of benzene rings is 1. The van der Waals surface area contributed by atoms with Gasteiger partial charge in [0.25, 0.3) is 5.91 Å². The highest BCUT2D eigenvalue weighted by Gasteiger charge is 2.41. The molecule has 2 aromatic rings. The van der Waals surface area contributed by atoms with Crippen molar-refractivity contribution in [3.05, 3.63) is 41.7 Å². The third kappa shape index (κ3) is 2.77. The van der Waals surface area contributed by atoms with Crippen molar-refractivity contribution in [3.8, 4) is 11.5 Å². The molecular formula is C18H19N3O5. The van der Waals surface area contributed by atoms with Crippen LogP contribution < -0.4 is 9.47 Å². The molecule has 0 bridgehead atoms. The summed E-state index contributed by atoms with van der Waals surface area (Å²) in [6.07, 6.45) is 3.21. The lowest BCUT2D eigenvalue weighted by atomic mass is 9.89. The van der Waals surface area contributed by atoms with Crippen molar-refractivity contribution < 1.29 is 24.2 Å². The van der Waals surface area contributed by atoms with Crippen LogP contribution in [0.2, 0.25) is 0 Å². The quantitative estimate of drug-likeness (QED) is 0.893. The first-order valence-electron chi connectivity index (χ1n) is 8.51. The van der Waals surface area contributed by atoms with Gasteiger partial charge in [0, 0.05) is 31.7 Å². The summed E-state index contributed by atoms with van der Waals surface area (Å²) in [6, 6.07) is 5.44. The molecule has 2 aliphatic heterocycles. The second-order valence-corrected chi connectivity index (χ2v) is 6.46. The van der Waals surface area contributed by atoms with Gasteiger partial charge >= 0.3 is 5.97 Å². The molecule has 1 fully saturated rings. The summed E-state index contributed by atoms with van der Waals surface area (Å²) in [7, 11) is 0. The highest BCUT2D eigenvalue weighted by atomic mass is 16.7. The van der Waals surface area contributed by atoms with Gasteiger partial charge in [0.15, 0.2) is 11.5 Å². The van der Waals surface area contributed by atoms with Gasteiger partial charge in [-0.15, -0.1) is 0 Å². The van der Waals surface area contributed by atoms with E-state index in [0.29, 0.717) is 30.2 Å². The number of nitrogens with zero attached hydrogens (tertiary/aromatic N) is 3. The predicted molar refractivity (Wildman–Crippen MR) is 90.2 cm³/mol. The van der Waals surface area contributed by atoms with E-state index >= 15 is 0 Å². The molecule has 26 heavy (non-hydrogen) atoms. The maximum absolute atomic E-state index is 12.7. The fourth-order valence-corrected chi connectivity index (χ4v) is 3.53. The van der Waals surface area contributed by atoms with Gasteiger partial charge < -0.3 is 19.5 Å². The molecule has 0 aliphatic carbocycles. The molecule has 1 N–H and O–H groups in total. The molecular weight excluding hydrogens is 338 g/mol. The van der Waals surface area contributed by atoms with Crippen LogP contribution in [-0.4, -0.2) is 51.5 Å². The molecule has 136 valence electrons. The van der Waals surface area contributed by atoms with E-state index in [2.05, 4.69) is 5.10 Å². The Morgan fingerprint density at radius 3 is 2.81 bits per heavy atom. The number of likely N-dealkylation sites (tertiary alicyclic amines) is 1. The fourth-order valence-electron chi connectivity index (χ4n) is 3.53. The lowest BCUT2D eigenvalue weighted by molar-refractivity contribution is -0.141. The van der Waals surface area contributed by atoms with Gasteiger partial charge in [-0.1, -0.05) is 6.07 Å². The van der Waals surface area contributed by atoms with E-state index in [0.717, 1.165) is 5.56 Å². The maximum Gasteiger partial charge on any atom is 0.308 e. The van der Waals surface area contributed by atoms with Crippen LogP contribution >= 0.6 is 0 Å². The molecule has 2 atom stereocenters. The maximum atomic E-state index is 12.7. The molecule has 4 rings (SSSR count). The van der Waals surface area contributed by atoms with Crippen LogP contribution in [0.3, 0.4) is 0 Å². The van der Waals surface area contributed by atoms with Crippen molar-refractivity contribution in [2.75, 3.05) is 19.9 Å². The van der Waals surface area contributed by atoms with Crippen molar-refractivity contribution in [2.45, 2.75) is 19.4 Å². The normalized spacial score (nSPS) is 21.2. The average molecular weight is 357 g/mol. The predicted octanol–water partition coefficient (Wildman–Crippen LogP) is 1.57. The smallest absolute Gasteiger partial charge is 0.308 e. The van der Waals surface area contributed by atoms with Crippen LogP contribution in [0, 0.1) is 5.92 Å². The van der Waals surface area contributed by atoms with Crippen LogP contribution in [0.25, 0.3) is 0 Å². The molecule has 0 spiro atoms. The van der Waals surface area contributed by atoms with Crippen LogP contribution in [0.15, 0.2) is 30.6 Å². The zero-order valence-electron chi connectivity index (χ0n) is 14.3. The van der Waals surface area contributed by atoms with E-state index in [1.54, 1.807) is 21.8 Å². The number of amides is 1. The van der Waals surface area contributed by atoms with Gasteiger partial charge in [-0.2, -0.15) is 5.10 Å². The number of fused-ring (bicyclic) bond motifs is 1. The summed E-state index contributed by atoms with van der Waals surface area (Å²) in [6.45, 7) is 3.28. The third-order valence-electron chi connectivity index (χ3n) is 4.95. The van der Waals surface area contributed by atoms with E-state index in [-0.39, 0.29) is 25.2 Å². The van der Waals surface area contributed by atoms with E-state index in [1.807, 2.05) is 19.1 Å². The minimum atomic E-state index is -0.910. The largest absolute Gasteiger partial charge is 0.481 e. The van der Waals surface area contributed by atoms with Gasteiger partial charge in [0.2, 0.25) is 6.79 Å². The molecule has 1 amide bonds. The molecule has 8 heteroatoms. The Kier molecular flexibility index (Phi) is 4.02. The highest BCUT2D eigenvalue weighted by Crippen LogP contribution is 2.39. The number of aliphatic carboxylic acids is 1. The number of rotatable bonds is 4. The summed E-state index contributed by atoms with van der Waals surface area (Å²) in [4.78, 5) is 26.1. The molecule has 8 nitrogen and oxygen atoms in total. The number of carbonyl (C=O) groups excluding carboxylic acids is 1. The second kappa shape index (κ2) is 6.36. The number of hydrogen-bond acceptors (Lipinski definition) is 5. The summed E-state index contributed by atoms with van der Waals surface area (Å²) < 4.78 is 12.4. The second-order valence-electron chi connectivity index (χ2n) is 6.46. The SMILES string of the molecule is CCn1cc(C(=O)N2C[C@H](C(=O)O)[C@@H](c3ccc4c(c3)OCO4)C2)cn1. The van der Waals surface area contributed by atoms with Crippen molar-refractivity contribution >= 4 is 11.9 Å². The number of hydrogen-bond donors (Lipinski definition) is 1. The number of aryl methyl sites for hydroxylation is 1. The summed E-state index contributed by atoms with van der Waals surface area (Å²) in [5.41, 5.74) is 1.31. The van der Waals surface area contributed by atoms with Gasteiger partial charge in [-0.3, -0.25) is 14.3 Å². The van der Waals surface area contributed by atoms with E-state index in [4.69, 9.17) is 9.47 Å². The molecule has 1 saturated heterocycles. The van der Waals surface area contributed by atoms with E-state index in [1.165, 1.54) is 6.20 Å². The fraction of sp³-hybridized carbons (Fsp3) is 0.389. The monoisotopic (exact) mass is 357 g/mol. The zero-order valence-corrected chi connectivity index (χ0v) is 14.3. The summed E-state index contributed by atoms with van der Waals surface area (Å²) in [5.74, 6) is -0.807. The lowest BCUT2D eigenvalue weighted by Crippen LogP contribution is -2.29. The van der Waals surface area contributed by atoms with Crippen molar-refractivity contribution in [1.29, 1.82) is 0 Å². The third-order valence-corrected chi connectivity index (χ3v) is 4.95. The minimum Gasteiger partial charge on any atom is -0.481 e. The van der Waals surface area contributed by atoms with Crippen molar-refractivity contribution in [2.24, 2.45) is 5.92 Å². The van der Waals surface area contributed by atoms with Gasteiger partial charge in [-0.05, 0) is 24.6 Å². The molecule has 1 aromatic heterocycles. The summed E-state index contributed by atoms with van der Waals surface area (Å²) in [5, 5.41) is 13.8. The van der Waals surface area contributed by atoms with Crippen molar-refractivity contribution in [1.82, 2.24) is 14.7 Å². The van der Waals surface area contributed by atoms with E-state index < -0.39 is 11.9 Å².